The maximum atomic E-state index is 13.7. The van der Waals surface area contributed by atoms with Gasteiger partial charge in [0.25, 0.3) is 10.2 Å². The minimum atomic E-state index is -3.87. The lowest BCUT2D eigenvalue weighted by Crippen LogP contribution is -2.42. The second kappa shape index (κ2) is 6.86. The number of hydrogen-bond acceptors (Lipinski definition) is 4. The maximum absolute atomic E-state index is 13.7. The molecule has 0 spiro atoms. The molecular weight excluding hydrogens is 340 g/mol. The van der Waals surface area contributed by atoms with Gasteiger partial charge in [0, 0.05) is 33.3 Å². The first-order valence-electron chi connectivity index (χ1n) is 6.05. The minimum Gasteiger partial charge on any atom is -0.266 e. The maximum Gasteiger partial charge on any atom is 0.278 e. The summed E-state index contributed by atoms with van der Waals surface area (Å²) in [6.07, 6.45) is 0.843. The van der Waals surface area contributed by atoms with Crippen molar-refractivity contribution in [2.45, 2.75) is 0 Å². The van der Waals surface area contributed by atoms with Gasteiger partial charge in [0.05, 0.1) is 11.9 Å². The van der Waals surface area contributed by atoms with E-state index in [4.69, 9.17) is 0 Å². The van der Waals surface area contributed by atoms with Crippen molar-refractivity contribution in [2.24, 2.45) is 0 Å². The Bertz CT molecular complexity index is 736. The Morgan fingerprint density at radius 3 is 2.18 bits per heavy atom. The van der Waals surface area contributed by atoms with Gasteiger partial charge >= 0.3 is 0 Å². The molecule has 0 aliphatic rings. The highest BCUT2D eigenvalue weighted by atomic mass is 32.2. The molecule has 0 saturated heterocycles. The number of anilines is 1. The molecule has 11 heteroatoms. The second-order valence-electron chi connectivity index (χ2n) is 4.61. The molecule has 0 amide bonds. The number of nitrogens with zero attached hydrogens (tertiary/aromatic N) is 2. The molecular formula is C11H17F2N3O4S2. The predicted octanol–water partition coefficient (Wildman–Crippen LogP) is 0.127. The largest absolute Gasteiger partial charge is 0.278 e. The predicted molar refractivity (Wildman–Crippen MR) is 79.2 cm³/mol. The van der Waals surface area contributed by atoms with Crippen molar-refractivity contribution in [3.63, 3.8) is 0 Å². The number of halogens is 2. The molecule has 0 aliphatic carbocycles. The molecule has 1 N–H and O–H groups in total. The first-order chi connectivity index (χ1) is 9.95. The van der Waals surface area contributed by atoms with E-state index in [9.17, 15) is 25.6 Å². The molecule has 0 bridgehead atoms. The normalized spacial score (nSPS) is 12.6. The van der Waals surface area contributed by atoms with Gasteiger partial charge in [-0.3, -0.25) is 4.31 Å². The molecule has 0 saturated carbocycles. The Hall–Kier alpha value is -1.30. The molecule has 0 aliphatic heterocycles. The Labute approximate surface area is 128 Å². The van der Waals surface area contributed by atoms with Crippen LogP contribution in [-0.4, -0.2) is 54.6 Å². The molecule has 1 aromatic carbocycles. The van der Waals surface area contributed by atoms with E-state index in [1.165, 1.54) is 14.1 Å². The number of benzene rings is 1. The van der Waals surface area contributed by atoms with Crippen LogP contribution in [0.1, 0.15) is 0 Å². The third-order valence-corrected chi connectivity index (χ3v) is 5.37. The molecule has 22 heavy (non-hydrogen) atoms. The quantitative estimate of drug-likeness (QED) is 0.751. The summed E-state index contributed by atoms with van der Waals surface area (Å²) in [6.45, 7) is -0.612. The van der Waals surface area contributed by atoms with Crippen molar-refractivity contribution < 1.29 is 25.6 Å². The van der Waals surface area contributed by atoms with Crippen LogP contribution in [0.15, 0.2) is 18.2 Å². The zero-order chi connectivity index (χ0) is 17.1. The summed E-state index contributed by atoms with van der Waals surface area (Å²) in [6, 6.07) is 2.45. The van der Waals surface area contributed by atoms with Gasteiger partial charge in [-0.05, 0) is 12.1 Å². The second-order valence-corrected chi connectivity index (χ2v) is 8.49. The van der Waals surface area contributed by atoms with Crippen LogP contribution in [0.3, 0.4) is 0 Å². The zero-order valence-electron chi connectivity index (χ0n) is 12.2. The molecule has 126 valence electrons. The van der Waals surface area contributed by atoms with Crippen LogP contribution >= 0.6 is 0 Å². The van der Waals surface area contributed by atoms with E-state index >= 15 is 0 Å². The summed E-state index contributed by atoms with van der Waals surface area (Å²) in [5, 5.41) is 0. The van der Waals surface area contributed by atoms with Gasteiger partial charge in [0.15, 0.2) is 0 Å². The number of rotatable bonds is 7. The van der Waals surface area contributed by atoms with Gasteiger partial charge in [-0.1, -0.05) is 0 Å². The molecule has 0 radical (unpaired) electrons. The average Bonchev–Trinajstić information content (AvgIpc) is 2.34. The lowest BCUT2D eigenvalue weighted by atomic mass is 10.3. The van der Waals surface area contributed by atoms with E-state index in [-0.39, 0.29) is 18.8 Å². The summed E-state index contributed by atoms with van der Waals surface area (Å²) < 4.78 is 76.9. The molecule has 0 heterocycles. The highest BCUT2D eigenvalue weighted by Gasteiger charge is 2.22. The average molecular weight is 357 g/mol. The van der Waals surface area contributed by atoms with E-state index in [2.05, 4.69) is 4.72 Å². The summed E-state index contributed by atoms with van der Waals surface area (Å²) in [4.78, 5) is 0. The number of sulfonamides is 1. The van der Waals surface area contributed by atoms with Gasteiger partial charge in [-0.2, -0.15) is 12.7 Å². The summed E-state index contributed by atoms with van der Waals surface area (Å²) in [5.41, 5.74) is -0.354. The van der Waals surface area contributed by atoms with Gasteiger partial charge in [0.1, 0.15) is 11.6 Å². The molecule has 0 unspecified atom stereocenters. The van der Waals surface area contributed by atoms with Gasteiger partial charge in [-0.25, -0.2) is 21.9 Å². The van der Waals surface area contributed by atoms with Crippen molar-refractivity contribution in [1.29, 1.82) is 0 Å². The highest BCUT2D eigenvalue weighted by Crippen LogP contribution is 2.22. The van der Waals surface area contributed by atoms with E-state index < -0.39 is 31.9 Å². The Kier molecular flexibility index (Phi) is 5.84. The van der Waals surface area contributed by atoms with Crippen LogP contribution in [0.5, 0.6) is 0 Å². The third-order valence-electron chi connectivity index (χ3n) is 2.66. The fourth-order valence-corrected chi connectivity index (χ4v) is 3.09. The minimum absolute atomic E-state index is 0.273. The third kappa shape index (κ3) is 4.87. The van der Waals surface area contributed by atoms with Crippen molar-refractivity contribution >= 4 is 25.9 Å². The van der Waals surface area contributed by atoms with Gasteiger partial charge in [0.2, 0.25) is 10.0 Å². The monoisotopic (exact) mass is 357 g/mol. The fourth-order valence-electron chi connectivity index (χ4n) is 1.55. The molecule has 1 rings (SSSR count). The Balaban J connectivity index is 2.97. The molecule has 7 nitrogen and oxygen atoms in total. The standard InChI is InChI=1S/C11H17F2N3O4S2/c1-15(2)22(19,20)14-6-7-16(21(3,17)18)11-5-4-9(12)8-10(11)13/h4-5,8,14H,6-7H2,1-3H3. The lowest BCUT2D eigenvalue weighted by Gasteiger charge is -2.23. The summed E-state index contributed by atoms with van der Waals surface area (Å²) >= 11 is 0. The van der Waals surface area contributed by atoms with Crippen molar-refractivity contribution in [3.8, 4) is 0 Å². The van der Waals surface area contributed by atoms with Crippen LogP contribution in [0.4, 0.5) is 14.5 Å². The fraction of sp³-hybridized carbons (Fsp3) is 0.455. The number of nitrogens with one attached hydrogen (secondary N) is 1. The highest BCUT2D eigenvalue weighted by molar-refractivity contribution is 7.92. The van der Waals surface area contributed by atoms with Crippen LogP contribution < -0.4 is 9.03 Å². The van der Waals surface area contributed by atoms with E-state index in [0.717, 1.165) is 22.7 Å². The number of hydrogen-bond donors (Lipinski definition) is 1. The Morgan fingerprint density at radius 1 is 1.14 bits per heavy atom. The van der Waals surface area contributed by atoms with Crippen LogP contribution in [-0.2, 0) is 20.2 Å². The first-order valence-corrected chi connectivity index (χ1v) is 9.34. The van der Waals surface area contributed by atoms with E-state index in [0.29, 0.717) is 10.4 Å². The van der Waals surface area contributed by atoms with Crippen molar-refractivity contribution in [3.05, 3.63) is 29.8 Å². The van der Waals surface area contributed by atoms with Crippen molar-refractivity contribution in [1.82, 2.24) is 9.03 Å². The SMILES string of the molecule is CN(C)S(=O)(=O)NCCN(c1ccc(F)cc1F)S(C)(=O)=O. The molecule has 1 aromatic rings. The summed E-state index contributed by atoms with van der Waals surface area (Å²) in [7, 11) is -5.00. The smallest absolute Gasteiger partial charge is 0.266 e. The van der Waals surface area contributed by atoms with Crippen LogP contribution in [0.25, 0.3) is 0 Å². The topological polar surface area (TPSA) is 86.8 Å². The van der Waals surface area contributed by atoms with Crippen molar-refractivity contribution in [2.75, 3.05) is 37.7 Å². The zero-order valence-corrected chi connectivity index (χ0v) is 13.9. The van der Waals surface area contributed by atoms with Crippen LogP contribution in [0.2, 0.25) is 0 Å². The first kappa shape index (κ1) is 18.7. The van der Waals surface area contributed by atoms with Crippen LogP contribution in [0, 0.1) is 11.6 Å². The van der Waals surface area contributed by atoms with E-state index in [1.807, 2.05) is 0 Å². The molecule has 0 atom stereocenters. The molecule has 0 aromatic heterocycles. The lowest BCUT2D eigenvalue weighted by molar-refractivity contribution is 0.506. The Morgan fingerprint density at radius 2 is 1.73 bits per heavy atom. The molecule has 0 fully saturated rings. The van der Waals surface area contributed by atoms with Gasteiger partial charge in [-0.15, -0.1) is 0 Å². The summed E-state index contributed by atoms with van der Waals surface area (Å²) in [5.74, 6) is -1.90. The van der Waals surface area contributed by atoms with E-state index in [1.54, 1.807) is 0 Å². The van der Waals surface area contributed by atoms with Gasteiger partial charge < -0.3 is 0 Å².